The van der Waals surface area contributed by atoms with E-state index in [2.05, 4.69) is 33.9 Å². The van der Waals surface area contributed by atoms with Crippen LogP contribution in [0.1, 0.15) is 146 Å². The smallest absolute Gasteiger partial charge is 0.329 e. The summed E-state index contributed by atoms with van der Waals surface area (Å²) in [6.45, 7) is 24.9. The third-order valence-corrected chi connectivity index (χ3v) is 21.7. The topological polar surface area (TPSA) is 194 Å². The second-order valence-corrected chi connectivity index (χ2v) is 28.9. The largest absolute Gasteiger partial charge is 0.460 e. The third kappa shape index (κ3) is 17.7. The van der Waals surface area contributed by atoms with Crippen molar-refractivity contribution in [1.29, 1.82) is 0 Å². The van der Waals surface area contributed by atoms with Crippen LogP contribution in [-0.2, 0) is 56.8 Å². The van der Waals surface area contributed by atoms with E-state index in [1.165, 1.54) is 12.0 Å². The summed E-state index contributed by atoms with van der Waals surface area (Å²) in [5, 5.41) is 23.7. The van der Waals surface area contributed by atoms with Crippen LogP contribution in [0.4, 0.5) is 0 Å². The lowest BCUT2D eigenvalue weighted by Crippen LogP contribution is -2.61. The SMILES string of the molecule is CO[C@H]1C[C@@H]2CC[C@@H](C)[C@@](O)(O2)C(=O)C(=O)N2CCCC[14C@H]2[14C](=O)O[C@H]([C@H](C)[14CH2][14C@@H]2CC[C@@H](OCCO[Si](C)(C)C(C)(C)C)[C@H](OC)C2)CC(=O)[C@H](C)/C=C(\C)[C@@H](O)[C@@H](OC)C(=O)[C@H](C)C[C@H](C)\C=C/C=C/C=C/1C. The highest BCUT2D eigenvalue weighted by atomic mass is 28.4. The number of carbonyl (C=O) groups excluding carboxylic acids is 5. The Bertz CT molecular complexity index is 2030. The van der Waals surface area contributed by atoms with Crippen LogP contribution >= 0.6 is 0 Å². The standard InChI is InChI=1S/C59H97NO14Si/c1-37-21-17-16-18-22-38(2)49(68-11)35-45-26-24-43(7)59(67,74-45)55(64)56(65)60-28-20-19-23-46(60)57(66)73-50(36-47(61)39(3)32-42(6)53(63)54(70-13)52(62)41(5)31-37)40(4)33-44-25-27-48(51(34-44)69-12)71-29-30-72-75(14,15)58(8,9)10/h16-18,21-22,32,37,39-41,43-46,48-51,53-54,63,67H,19-20,23-31,33-36H2,1-15H3/b18-16+,21-17-,38-22+,42-32+/t37-,39-,40-,41-,43-,44+,45+,46+,48-,49+,50+,51-,53-,54+,59-/m1/s1/i33+2,44+2,46+2,57+2. The highest BCUT2D eigenvalue weighted by Crippen LogP contribution is 2.39. The summed E-state index contributed by atoms with van der Waals surface area (Å²) in [6.07, 6.45) is 12.4. The number of cyclic esters (lactones) is 1. The normalized spacial score (nSPS) is 37.1. The molecule has 2 saturated heterocycles. The molecule has 0 unspecified atom stereocenters. The monoisotopic (exact) mass is 1080 g/mol. The van der Waals surface area contributed by atoms with Gasteiger partial charge in [-0.3, -0.25) is 19.2 Å². The number of allylic oxidation sites excluding steroid dienone is 6. The number of nitrogens with zero attached hydrogens (tertiary/aromatic N) is 1. The number of carbonyl (C=O) groups is 5. The molecule has 3 fully saturated rings. The lowest BCUT2D eigenvalue weighted by molar-refractivity contribution is -0.265. The Hall–Kier alpha value is -3.19. The summed E-state index contributed by atoms with van der Waals surface area (Å²) in [6, 6.07) is -1.14. The molecule has 0 aromatic rings. The van der Waals surface area contributed by atoms with Gasteiger partial charge in [-0.15, -0.1) is 0 Å². The lowest BCUT2D eigenvalue weighted by Gasteiger charge is -2.42. The van der Waals surface area contributed by atoms with Gasteiger partial charge in [0.15, 0.2) is 14.1 Å². The van der Waals surface area contributed by atoms with Crippen molar-refractivity contribution in [3.63, 3.8) is 0 Å². The average molecular weight is 1080 g/mol. The van der Waals surface area contributed by atoms with Crippen LogP contribution in [0.2, 0.25) is 18.1 Å². The molecule has 2 bridgehead atoms. The van der Waals surface area contributed by atoms with Crippen molar-refractivity contribution in [2.24, 2.45) is 35.5 Å². The number of ether oxygens (including phenoxy) is 6. The molecule has 3 heterocycles. The zero-order chi connectivity index (χ0) is 56.0. The second kappa shape index (κ2) is 29.1. The number of methoxy groups -OCH3 is 3. The molecule has 1 saturated carbocycles. The van der Waals surface area contributed by atoms with Crippen molar-refractivity contribution in [1.82, 2.24) is 4.90 Å². The molecule has 0 aromatic heterocycles. The van der Waals surface area contributed by atoms with Gasteiger partial charge in [-0.25, -0.2) is 4.79 Å². The Morgan fingerprint density at radius 1 is 0.920 bits per heavy atom. The first kappa shape index (κ1) is 64.3. The molecule has 15 atom stereocenters. The Kier molecular flexibility index (Phi) is 25.0. The summed E-state index contributed by atoms with van der Waals surface area (Å²) < 4.78 is 42.8. The number of ketones is 3. The Labute approximate surface area is 451 Å². The molecule has 0 aromatic carbocycles. The van der Waals surface area contributed by atoms with E-state index < -0.39 is 86.1 Å². The predicted octanol–water partition coefficient (Wildman–Crippen LogP) is 9.23. The summed E-state index contributed by atoms with van der Waals surface area (Å²) >= 11 is 0. The number of rotatable bonds is 11. The molecule has 4 rings (SSSR count). The molecule has 1 aliphatic carbocycles. The number of amides is 1. The van der Waals surface area contributed by atoms with Crippen molar-refractivity contribution in [3.8, 4) is 0 Å². The van der Waals surface area contributed by atoms with Gasteiger partial charge < -0.3 is 48.0 Å². The summed E-state index contributed by atoms with van der Waals surface area (Å²) in [5.41, 5.74) is 1.28. The first-order valence-electron chi connectivity index (χ1n) is 27.9. The van der Waals surface area contributed by atoms with Crippen LogP contribution in [-0.4, -0.2) is 148 Å². The molecule has 426 valence electrons. The molecule has 0 radical (unpaired) electrons. The van der Waals surface area contributed by atoms with E-state index in [9.17, 15) is 34.2 Å². The van der Waals surface area contributed by atoms with Gasteiger partial charge in [0, 0.05) is 58.5 Å². The van der Waals surface area contributed by atoms with Gasteiger partial charge in [0.25, 0.3) is 11.7 Å². The fourth-order valence-electron chi connectivity index (χ4n) is 11.0. The minimum atomic E-state index is -2.43. The number of piperidine rings is 1. The Morgan fingerprint density at radius 3 is 2.28 bits per heavy atom. The predicted molar refractivity (Wildman–Crippen MR) is 292 cm³/mol. The zero-order valence-corrected chi connectivity index (χ0v) is 49.4. The molecule has 16 heteroatoms. The first-order chi connectivity index (χ1) is 35.2. The van der Waals surface area contributed by atoms with E-state index in [-0.39, 0.29) is 66.0 Å². The Morgan fingerprint density at radius 2 is 1.63 bits per heavy atom. The maximum atomic E-state index is 14.6. The van der Waals surface area contributed by atoms with Crippen molar-refractivity contribution in [2.45, 2.75) is 219 Å². The summed E-state index contributed by atoms with van der Waals surface area (Å²) in [5.74, 6) is -7.87. The molecule has 1 amide bonds. The van der Waals surface area contributed by atoms with Gasteiger partial charge in [0.2, 0.25) is 5.79 Å². The van der Waals surface area contributed by atoms with Crippen molar-refractivity contribution in [2.75, 3.05) is 41.1 Å². The maximum absolute atomic E-state index is 14.6. The molecular formula is C59H97NO14Si. The van der Waals surface area contributed by atoms with Gasteiger partial charge in [-0.1, -0.05) is 91.8 Å². The molecule has 4 aliphatic rings. The van der Waals surface area contributed by atoms with Crippen LogP contribution in [0.15, 0.2) is 47.6 Å². The van der Waals surface area contributed by atoms with Crippen LogP contribution in [0.5, 0.6) is 0 Å². The minimum Gasteiger partial charge on any atom is -0.460 e. The molecular weight excluding hydrogens is 983 g/mol. The van der Waals surface area contributed by atoms with Gasteiger partial charge in [0.1, 0.15) is 30.1 Å². The fraction of sp³-hybridized carbons (Fsp3) is 0.780. The first-order valence-corrected chi connectivity index (χ1v) is 30.8. The highest BCUT2D eigenvalue weighted by Gasteiger charge is 2.53. The van der Waals surface area contributed by atoms with E-state index >= 15 is 0 Å². The van der Waals surface area contributed by atoms with Crippen LogP contribution in [0, 0.1) is 35.5 Å². The van der Waals surface area contributed by atoms with Crippen LogP contribution < -0.4 is 0 Å². The number of fused-ring (bicyclic) bond motifs is 3. The van der Waals surface area contributed by atoms with E-state index in [4.69, 9.17) is 32.8 Å². The van der Waals surface area contributed by atoms with E-state index in [1.54, 1.807) is 41.1 Å². The lowest BCUT2D eigenvalue weighted by atomic mass is 9.85. The van der Waals surface area contributed by atoms with E-state index in [1.807, 2.05) is 58.1 Å². The van der Waals surface area contributed by atoms with Crippen LogP contribution in [0.25, 0.3) is 0 Å². The molecule has 0 spiro atoms. The van der Waals surface area contributed by atoms with Crippen molar-refractivity contribution in [3.05, 3.63) is 47.6 Å². The number of hydrogen-bond donors (Lipinski definition) is 2. The van der Waals surface area contributed by atoms with Crippen LogP contribution in [0.3, 0.4) is 0 Å². The van der Waals surface area contributed by atoms with Gasteiger partial charge in [-0.05, 0) is 125 Å². The number of aliphatic hydroxyl groups excluding tert-OH is 1. The summed E-state index contributed by atoms with van der Waals surface area (Å²) in [7, 11) is 2.73. The quantitative estimate of drug-likeness (QED) is 0.0654. The van der Waals surface area contributed by atoms with E-state index in [0.29, 0.717) is 70.2 Å². The number of hydrogen-bond acceptors (Lipinski definition) is 14. The molecule has 15 nitrogen and oxygen atoms in total. The fourth-order valence-corrected chi connectivity index (χ4v) is 12.0. The number of esters is 1. The van der Waals surface area contributed by atoms with Gasteiger partial charge in [0.05, 0.1) is 37.6 Å². The molecule has 2 N–H and O–H groups in total. The average Bonchev–Trinajstić information content (AvgIpc) is 3.36. The molecule has 75 heavy (non-hydrogen) atoms. The summed E-state index contributed by atoms with van der Waals surface area (Å²) in [4.78, 5) is 72.7. The third-order valence-electron chi connectivity index (χ3n) is 17.1. The van der Waals surface area contributed by atoms with Gasteiger partial charge in [-0.2, -0.15) is 0 Å². The molecule has 3 aliphatic heterocycles. The second-order valence-electron chi connectivity index (χ2n) is 24.0. The zero-order valence-electron chi connectivity index (χ0n) is 48.4. The number of aliphatic hydroxyl groups is 2. The minimum absolute atomic E-state index is 0.0168. The van der Waals surface area contributed by atoms with Gasteiger partial charge >= 0.3 is 5.97 Å². The maximum Gasteiger partial charge on any atom is 0.329 e. The Balaban J connectivity index is 1.65. The van der Waals surface area contributed by atoms with Crippen molar-refractivity contribution >= 4 is 37.5 Å². The highest BCUT2D eigenvalue weighted by molar-refractivity contribution is 6.74. The number of Topliss-reactive ketones (excluding diaryl/α,β-unsaturated/α-hetero) is 3. The van der Waals surface area contributed by atoms with E-state index in [0.717, 1.165) is 18.4 Å². The van der Waals surface area contributed by atoms with Crippen molar-refractivity contribution < 1.29 is 67.0 Å².